The van der Waals surface area contributed by atoms with E-state index in [1.807, 2.05) is 48.5 Å². The van der Waals surface area contributed by atoms with E-state index >= 15 is 0 Å². The maximum atomic E-state index is 13.2. The predicted molar refractivity (Wildman–Crippen MR) is 205 cm³/mol. The molecule has 5 N–H and O–H groups in total. The monoisotopic (exact) mass is 760 g/mol. The molecule has 0 heterocycles. The number of halogens is 2. The van der Waals surface area contributed by atoms with Gasteiger partial charge in [-0.25, -0.2) is 9.59 Å². The number of nitrogens with one attached hydrogen (secondary N) is 2. The summed E-state index contributed by atoms with van der Waals surface area (Å²) in [5.41, 5.74) is 1.86. The number of benzene rings is 4. The molecule has 0 bridgehead atoms. The third-order valence-electron chi connectivity index (χ3n) is 10.5. The number of carboxylic acids is 2. The van der Waals surface area contributed by atoms with E-state index in [0.717, 1.165) is 62.5 Å². The first-order chi connectivity index (χ1) is 25.6. The zero-order valence-corrected chi connectivity index (χ0v) is 30.9. The average Bonchev–Trinajstić information content (AvgIpc) is 3.16. The highest BCUT2D eigenvalue weighted by atomic mass is 35.5. The summed E-state index contributed by atoms with van der Waals surface area (Å²) in [6.45, 7) is -0.799. The first-order valence-electron chi connectivity index (χ1n) is 18.2. The van der Waals surface area contributed by atoms with Crippen molar-refractivity contribution < 1.29 is 34.4 Å². The van der Waals surface area contributed by atoms with E-state index in [4.69, 9.17) is 42.9 Å². The number of carboxylic acid groups (broad SMARTS) is 2. The molecule has 4 aromatic rings. The van der Waals surface area contributed by atoms with Crippen LogP contribution in [0, 0.1) is 0 Å². The molecular weight excluding hydrogens is 715 g/mol. The lowest BCUT2D eigenvalue weighted by Gasteiger charge is -2.44. The minimum Gasteiger partial charge on any atom is -0.482 e. The lowest BCUT2D eigenvalue weighted by Crippen LogP contribution is -2.63. The van der Waals surface area contributed by atoms with Crippen molar-refractivity contribution in [2.45, 2.75) is 87.1 Å². The Labute approximate surface area is 320 Å². The van der Waals surface area contributed by atoms with Gasteiger partial charge in [0.1, 0.15) is 17.1 Å². The fraction of sp³-hybridized carbons (Fsp3) is 0.381. The van der Waals surface area contributed by atoms with E-state index in [0.29, 0.717) is 32.7 Å². The second-order valence-corrected chi connectivity index (χ2v) is 15.1. The number of ether oxygens (including phenoxy) is 2. The first-order valence-corrected chi connectivity index (χ1v) is 19.0. The Balaban J connectivity index is 1.30. The third kappa shape index (κ3) is 10.1. The molecule has 9 nitrogen and oxygen atoms in total. The van der Waals surface area contributed by atoms with E-state index in [1.165, 1.54) is 0 Å². The molecule has 0 spiro atoms. The Kier molecular flexibility index (Phi) is 13.0. The Bertz CT molecular complexity index is 1740. The fourth-order valence-corrected chi connectivity index (χ4v) is 8.39. The summed E-state index contributed by atoms with van der Waals surface area (Å²) in [7, 11) is 0. The maximum Gasteiger partial charge on any atom is 0.341 e. The van der Waals surface area contributed by atoms with Crippen LogP contribution < -0.4 is 20.1 Å². The van der Waals surface area contributed by atoms with Crippen molar-refractivity contribution in [3.05, 3.63) is 129 Å². The van der Waals surface area contributed by atoms with Crippen LogP contribution >= 0.6 is 23.2 Å². The molecular formula is C42H46Cl2N2O7. The van der Waals surface area contributed by atoms with Gasteiger partial charge in [-0.15, -0.1) is 0 Å². The van der Waals surface area contributed by atoms with E-state index in [-0.39, 0.29) is 23.9 Å². The topological polar surface area (TPSA) is 137 Å². The highest BCUT2D eigenvalue weighted by molar-refractivity contribution is 6.31. The van der Waals surface area contributed by atoms with Crippen LogP contribution in [-0.2, 0) is 15.2 Å². The lowest BCUT2D eigenvalue weighted by molar-refractivity contribution is -0.140. The van der Waals surface area contributed by atoms with Crippen molar-refractivity contribution in [2.75, 3.05) is 13.2 Å². The highest BCUT2D eigenvalue weighted by Gasteiger charge is 2.44. The summed E-state index contributed by atoms with van der Waals surface area (Å²) in [5.74, 6) is -0.579. The first kappa shape index (κ1) is 38.6. The molecule has 5 atom stereocenters. The Morgan fingerprint density at radius 1 is 0.660 bits per heavy atom. The molecule has 4 aromatic carbocycles. The largest absolute Gasteiger partial charge is 0.482 e. The standard InChI is InChI=1S/C42H46Cl2N2O7/c43-33-13-5-11-31(23-33)42(51,32-12-6-14-34(44)24-32)41(45-35-15-1-7-27(19-35)29-9-3-17-37(21-29)52-25-39(47)48)46-36-16-2-8-28(20-36)30-10-4-18-38(22-30)53-26-40(49)50/h3-6,9-14,17-18,21-24,27-28,35-36,41,45-46,51H,1-2,7-8,15-16,19-20,25-26H2,(H,47,48)(H,49,50)/t27-,28+,35-,36+,41?. The molecule has 0 aliphatic heterocycles. The maximum absolute atomic E-state index is 13.2. The van der Waals surface area contributed by atoms with Gasteiger partial charge in [0.2, 0.25) is 0 Å². The van der Waals surface area contributed by atoms with Crippen molar-refractivity contribution in [3.63, 3.8) is 0 Å². The fourth-order valence-electron chi connectivity index (χ4n) is 8.01. The number of hydrogen-bond donors (Lipinski definition) is 5. The molecule has 6 rings (SSSR count). The summed E-state index contributed by atoms with van der Waals surface area (Å²) in [6.07, 6.45) is 6.65. The summed E-state index contributed by atoms with van der Waals surface area (Å²) >= 11 is 13.1. The number of rotatable bonds is 15. The van der Waals surface area contributed by atoms with E-state index < -0.39 is 36.9 Å². The van der Waals surface area contributed by atoms with Crippen molar-refractivity contribution in [1.29, 1.82) is 0 Å². The smallest absolute Gasteiger partial charge is 0.341 e. The van der Waals surface area contributed by atoms with Crippen LogP contribution in [0.3, 0.4) is 0 Å². The summed E-state index contributed by atoms with van der Waals surface area (Å²) in [5, 5.41) is 40.2. The number of carbonyl (C=O) groups is 2. The molecule has 280 valence electrons. The molecule has 2 fully saturated rings. The van der Waals surface area contributed by atoms with Crippen LogP contribution in [0.1, 0.15) is 85.5 Å². The van der Waals surface area contributed by atoms with Crippen LogP contribution in [0.25, 0.3) is 0 Å². The second-order valence-electron chi connectivity index (χ2n) is 14.2. The summed E-state index contributed by atoms with van der Waals surface area (Å²) in [4.78, 5) is 22.2. The van der Waals surface area contributed by atoms with Gasteiger partial charge in [-0.3, -0.25) is 10.6 Å². The van der Waals surface area contributed by atoms with Crippen LogP contribution in [0.15, 0.2) is 97.1 Å². The molecule has 0 aromatic heterocycles. The van der Waals surface area contributed by atoms with Gasteiger partial charge in [0.05, 0.1) is 6.17 Å². The van der Waals surface area contributed by atoms with Crippen molar-refractivity contribution in [1.82, 2.24) is 10.6 Å². The number of aliphatic carboxylic acids is 2. The molecule has 1 unspecified atom stereocenters. The molecule has 2 saturated carbocycles. The van der Waals surface area contributed by atoms with Gasteiger partial charge >= 0.3 is 11.9 Å². The zero-order chi connectivity index (χ0) is 37.4. The van der Waals surface area contributed by atoms with Crippen LogP contribution in [0.2, 0.25) is 10.0 Å². The molecule has 11 heteroatoms. The lowest BCUT2D eigenvalue weighted by atomic mass is 9.78. The van der Waals surface area contributed by atoms with Gasteiger partial charge in [-0.05, 0) is 121 Å². The van der Waals surface area contributed by atoms with Crippen LogP contribution in [-0.4, -0.2) is 58.7 Å². The van der Waals surface area contributed by atoms with Crippen LogP contribution in [0.5, 0.6) is 11.5 Å². The van der Waals surface area contributed by atoms with Gasteiger partial charge < -0.3 is 24.8 Å². The summed E-state index contributed by atoms with van der Waals surface area (Å²) in [6, 6.07) is 30.1. The Morgan fingerprint density at radius 2 is 1.09 bits per heavy atom. The van der Waals surface area contributed by atoms with E-state index in [9.17, 15) is 14.7 Å². The van der Waals surface area contributed by atoms with Gasteiger partial charge in [0, 0.05) is 22.1 Å². The normalized spacial score (nSPS) is 21.0. The molecule has 0 amide bonds. The third-order valence-corrected chi connectivity index (χ3v) is 11.0. The minimum absolute atomic E-state index is 0.0298. The second kappa shape index (κ2) is 17.8. The van der Waals surface area contributed by atoms with Gasteiger partial charge in [0.25, 0.3) is 0 Å². The number of aliphatic hydroxyl groups is 1. The summed E-state index contributed by atoms with van der Waals surface area (Å²) < 4.78 is 11.0. The highest BCUT2D eigenvalue weighted by Crippen LogP contribution is 2.40. The quantitative estimate of drug-likeness (QED) is 0.0761. The van der Waals surface area contributed by atoms with Crippen molar-refractivity contribution >= 4 is 35.1 Å². The molecule has 0 radical (unpaired) electrons. The Morgan fingerprint density at radius 3 is 1.51 bits per heavy atom. The number of hydrogen-bond acceptors (Lipinski definition) is 7. The SMILES string of the molecule is O=C(O)COc1cccc([C@@H]2CCC[C@@H](NC(N[C@H]3CCC[C@H](c4cccc(OCC(=O)O)c4)C3)C(O)(c3cccc(Cl)c3)c3cccc(Cl)c3)C2)c1. The van der Waals surface area contributed by atoms with Gasteiger partial charge in [-0.2, -0.15) is 0 Å². The van der Waals surface area contributed by atoms with E-state index in [1.54, 1.807) is 36.4 Å². The van der Waals surface area contributed by atoms with Gasteiger partial charge in [-0.1, -0.05) is 84.6 Å². The zero-order valence-electron chi connectivity index (χ0n) is 29.4. The molecule has 53 heavy (non-hydrogen) atoms. The molecule has 2 aliphatic carbocycles. The Hall–Kier alpha value is -4.12. The van der Waals surface area contributed by atoms with Crippen molar-refractivity contribution in [2.24, 2.45) is 0 Å². The van der Waals surface area contributed by atoms with E-state index in [2.05, 4.69) is 22.8 Å². The minimum atomic E-state index is -1.58. The molecule has 0 saturated heterocycles. The average molecular weight is 762 g/mol. The van der Waals surface area contributed by atoms with Crippen LogP contribution in [0.4, 0.5) is 0 Å². The molecule has 2 aliphatic rings. The van der Waals surface area contributed by atoms with Crippen molar-refractivity contribution in [3.8, 4) is 11.5 Å². The van der Waals surface area contributed by atoms with Gasteiger partial charge in [0.15, 0.2) is 13.2 Å². The predicted octanol–water partition coefficient (Wildman–Crippen LogP) is 8.11.